The number of carbonyl (C=O) groups excluding carboxylic acids is 2. The highest BCUT2D eigenvalue weighted by Crippen LogP contribution is 2.45. The van der Waals surface area contributed by atoms with Crippen molar-refractivity contribution in [2.75, 3.05) is 60.7 Å². The van der Waals surface area contributed by atoms with Crippen molar-refractivity contribution in [1.82, 2.24) is 9.80 Å². The minimum atomic E-state index is -0.832. The molecule has 0 spiro atoms. The number of ether oxygens (including phenoxy) is 4. The minimum Gasteiger partial charge on any atom is -0.507 e. The van der Waals surface area contributed by atoms with Gasteiger partial charge in [-0.05, 0) is 24.6 Å². The van der Waals surface area contributed by atoms with E-state index in [1.54, 1.807) is 24.3 Å². The van der Waals surface area contributed by atoms with Crippen molar-refractivity contribution in [3.05, 3.63) is 58.7 Å². The van der Waals surface area contributed by atoms with E-state index < -0.39 is 17.7 Å². The number of hydrogen-bond donors (Lipinski definition) is 1. The topological polar surface area (TPSA) is 97.8 Å². The van der Waals surface area contributed by atoms with E-state index in [4.69, 9.17) is 18.9 Å². The third kappa shape index (κ3) is 4.89. The number of methoxy groups -OCH3 is 3. The molecule has 1 atom stereocenters. The van der Waals surface area contributed by atoms with Crippen molar-refractivity contribution in [2.45, 2.75) is 13.0 Å². The number of aliphatic hydroxyl groups excluding tert-OH is 1. The van der Waals surface area contributed by atoms with Crippen LogP contribution in [0.1, 0.15) is 22.7 Å². The summed E-state index contributed by atoms with van der Waals surface area (Å²) in [6.07, 6.45) is 0. The summed E-state index contributed by atoms with van der Waals surface area (Å²) in [5.41, 5.74) is 2.07. The van der Waals surface area contributed by atoms with E-state index in [9.17, 15) is 14.7 Å². The molecule has 0 aliphatic carbocycles. The Balaban J connectivity index is 1.83. The molecular weight excluding hydrogens is 464 g/mol. The van der Waals surface area contributed by atoms with Crippen molar-refractivity contribution in [1.29, 1.82) is 0 Å². The summed E-state index contributed by atoms with van der Waals surface area (Å²) in [7, 11) is 4.51. The van der Waals surface area contributed by atoms with Gasteiger partial charge in [-0.25, -0.2) is 0 Å². The molecule has 2 aromatic carbocycles. The van der Waals surface area contributed by atoms with E-state index in [0.29, 0.717) is 54.7 Å². The lowest BCUT2D eigenvalue weighted by Crippen LogP contribution is -2.42. The van der Waals surface area contributed by atoms with Gasteiger partial charge in [0.1, 0.15) is 5.76 Å². The monoisotopic (exact) mass is 496 g/mol. The molecule has 36 heavy (non-hydrogen) atoms. The van der Waals surface area contributed by atoms with E-state index in [2.05, 4.69) is 4.90 Å². The number of carbonyl (C=O) groups is 2. The summed E-state index contributed by atoms with van der Waals surface area (Å²) >= 11 is 0. The number of aliphatic hydroxyl groups is 1. The van der Waals surface area contributed by atoms with Crippen LogP contribution in [-0.2, 0) is 14.3 Å². The molecule has 2 fully saturated rings. The van der Waals surface area contributed by atoms with Crippen LogP contribution in [0.15, 0.2) is 42.0 Å². The zero-order valence-corrected chi connectivity index (χ0v) is 21.1. The molecule has 0 saturated carbocycles. The van der Waals surface area contributed by atoms with E-state index in [-0.39, 0.29) is 11.3 Å². The lowest BCUT2D eigenvalue weighted by molar-refractivity contribution is -0.140. The molecule has 0 radical (unpaired) electrons. The first-order valence-electron chi connectivity index (χ1n) is 11.8. The molecule has 1 unspecified atom stereocenters. The van der Waals surface area contributed by atoms with Crippen molar-refractivity contribution in [2.24, 2.45) is 0 Å². The van der Waals surface area contributed by atoms with Crippen molar-refractivity contribution < 1.29 is 33.6 Å². The first-order valence-corrected chi connectivity index (χ1v) is 11.8. The fourth-order valence-corrected chi connectivity index (χ4v) is 4.66. The highest BCUT2D eigenvalue weighted by atomic mass is 16.5. The van der Waals surface area contributed by atoms with Gasteiger partial charge in [-0.2, -0.15) is 0 Å². The van der Waals surface area contributed by atoms with Crippen molar-refractivity contribution in [3.8, 4) is 17.2 Å². The number of nitrogens with zero attached hydrogens (tertiary/aromatic N) is 2. The zero-order chi connectivity index (χ0) is 25.8. The second-order valence-corrected chi connectivity index (χ2v) is 8.77. The smallest absolute Gasteiger partial charge is 0.295 e. The van der Waals surface area contributed by atoms with Crippen LogP contribution in [0.25, 0.3) is 5.76 Å². The minimum absolute atomic E-state index is 0.0279. The van der Waals surface area contributed by atoms with Gasteiger partial charge < -0.3 is 29.0 Å². The van der Waals surface area contributed by atoms with Crippen LogP contribution in [-0.4, -0.2) is 87.3 Å². The third-order valence-corrected chi connectivity index (χ3v) is 6.63. The van der Waals surface area contributed by atoms with Gasteiger partial charge in [0, 0.05) is 31.7 Å². The maximum absolute atomic E-state index is 13.3. The Kier molecular flexibility index (Phi) is 7.81. The van der Waals surface area contributed by atoms with Gasteiger partial charge in [0.25, 0.3) is 11.7 Å². The normalized spacial score (nSPS) is 20.0. The number of rotatable bonds is 8. The SMILES string of the molecule is COc1cc(C2/C(=C(/O)c3ccc(C)cc3)C(=O)C(=O)N2CCN2CCOCC2)cc(OC)c1OC. The molecule has 1 amide bonds. The molecule has 0 aromatic heterocycles. The summed E-state index contributed by atoms with van der Waals surface area (Å²) in [6.45, 7) is 5.57. The second kappa shape index (κ2) is 11.0. The molecule has 9 nitrogen and oxygen atoms in total. The number of benzene rings is 2. The maximum atomic E-state index is 13.3. The van der Waals surface area contributed by atoms with Crippen LogP contribution in [0.2, 0.25) is 0 Å². The first kappa shape index (κ1) is 25.5. The van der Waals surface area contributed by atoms with Crippen molar-refractivity contribution in [3.63, 3.8) is 0 Å². The highest BCUT2D eigenvalue weighted by molar-refractivity contribution is 6.46. The molecular formula is C27H32N2O7. The molecule has 2 saturated heterocycles. The summed E-state index contributed by atoms with van der Waals surface area (Å²) in [5, 5.41) is 11.3. The molecule has 2 aromatic rings. The van der Waals surface area contributed by atoms with E-state index in [1.807, 2.05) is 19.1 Å². The number of aryl methyl sites for hydroxylation is 1. The van der Waals surface area contributed by atoms with Crippen molar-refractivity contribution >= 4 is 17.4 Å². The number of likely N-dealkylation sites (tertiary alicyclic amines) is 1. The molecule has 0 bridgehead atoms. The Morgan fingerprint density at radius 2 is 1.58 bits per heavy atom. The van der Waals surface area contributed by atoms with Gasteiger partial charge in [-0.1, -0.05) is 29.8 Å². The first-order chi connectivity index (χ1) is 17.4. The lowest BCUT2D eigenvalue weighted by Gasteiger charge is -2.31. The Hall–Kier alpha value is -3.56. The molecule has 2 aliphatic rings. The Morgan fingerprint density at radius 3 is 2.14 bits per heavy atom. The van der Waals surface area contributed by atoms with Gasteiger partial charge in [0.15, 0.2) is 11.5 Å². The van der Waals surface area contributed by atoms with Crippen LogP contribution in [0, 0.1) is 6.92 Å². The summed E-state index contributed by atoms with van der Waals surface area (Å²) in [6, 6.07) is 9.75. The molecule has 2 aliphatic heterocycles. The van der Waals surface area contributed by atoms with Crippen LogP contribution in [0.4, 0.5) is 0 Å². The average Bonchev–Trinajstić information content (AvgIpc) is 3.16. The van der Waals surface area contributed by atoms with Crippen LogP contribution in [0.3, 0.4) is 0 Å². The second-order valence-electron chi connectivity index (χ2n) is 8.77. The molecule has 2 heterocycles. The lowest BCUT2D eigenvalue weighted by atomic mass is 9.94. The number of Topliss-reactive ketones (excluding diaryl/α,β-unsaturated/α-hetero) is 1. The fourth-order valence-electron chi connectivity index (χ4n) is 4.66. The number of morpholine rings is 1. The van der Waals surface area contributed by atoms with Gasteiger partial charge >= 0.3 is 0 Å². The van der Waals surface area contributed by atoms with Crippen LogP contribution >= 0.6 is 0 Å². The number of amides is 1. The quantitative estimate of drug-likeness (QED) is 0.339. The van der Waals surface area contributed by atoms with Gasteiger partial charge in [-0.3, -0.25) is 14.5 Å². The van der Waals surface area contributed by atoms with E-state index in [0.717, 1.165) is 18.7 Å². The molecule has 1 N–H and O–H groups in total. The average molecular weight is 497 g/mol. The predicted molar refractivity (Wildman–Crippen MR) is 134 cm³/mol. The number of hydrogen-bond acceptors (Lipinski definition) is 8. The molecule has 9 heteroatoms. The van der Waals surface area contributed by atoms with Crippen LogP contribution < -0.4 is 14.2 Å². The summed E-state index contributed by atoms with van der Waals surface area (Å²) in [4.78, 5) is 30.3. The van der Waals surface area contributed by atoms with Gasteiger partial charge in [-0.15, -0.1) is 0 Å². The standard InChI is InChI=1S/C27H32N2O7/c1-17-5-7-18(8-6-17)24(30)22-23(19-15-20(33-2)26(35-4)21(16-19)34-3)29(27(32)25(22)31)10-9-28-11-13-36-14-12-28/h5-8,15-16,23,30H,9-14H2,1-4H3/b24-22-. The maximum Gasteiger partial charge on any atom is 0.295 e. The van der Waals surface area contributed by atoms with Crippen LogP contribution in [0.5, 0.6) is 17.2 Å². The summed E-state index contributed by atoms with van der Waals surface area (Å²) < 4.78 is 21.9. The van der Waals surface area contributed by atoms with E-state index in [1.165, 1.54) is 26.2 Å². The van der Waals surface area contributed by atoms with E-state index >= 15 is 0 Å². The third-order valence-electron chi connectivity index (χ3n) is 6.63. The van der Waals surface area contributed by atoms with Gasteiger partial charge in [0.2, 0.25) is 5.75 Å². The summed E-state index contributed by atoms with van der Waals surface area (Å²) in [5.74, 6) is -0.431. The zero-order valence-electron chi connectivity index (χ0n) is 21.1. The van der Waals surface area contributed by atoms with Gasteiger partial charge in [0.05, 0.1) is 46.2 Å². The molecule has 4 rings (SSSR count). The Labute approximate surface area is 210 Å². The Bertz CT molecular complexity index is 1130. The molecule has 192 valence electrons. The highest BCUT2D eigenvalue weighted by Gasteiger charge is 2.46. The number of ketones is 1. The largest absolute Gasteiger partial charge is 0.507 e. The fraction of sp³-hybridized carbons (Fsp3) is 0.407. The predicted octanol–water partition coefficient (Wildman–Crippen LogP) is 2.77. The Morgan fingerprint density at radius 1 is 0.972 bits per heavy atom.